The van der Waals surface area contributed by atoms with Crippen LogP contribution in [0.1, 0.15) is 61.3 Å². The molecule has 0 unspecified atom stereocenters. The first-order valence-electron chi connectivity index (χ1n) is 12.4. The van der Waals surface area contributed by atoms with Crippen molar-refractivity contribution in [2.75, 3.05) is 59.2 Å². The Morgan fingerprint density at radius 3 is 1.66 bits per heavy atom. The van der Waals surface area contributed by atoms with Crippen LogP contribution < -0.4 is 11.1 Å². The van der Waals surface area contributed by atoms with E-state index in [1.54, 1.807) is 0 Å². The summed E-state index contributed by atoms with van der Waals surface area (Å²) >= 11 is 0. The van der Waals surface area contributed by atoms with Gasteiger partial charge in [0.05, 0.1) is 0 Å². The monoisotopic (exact) mass is 495 g/mol. The van der Waals surface area contributed by atoms with Crippen LogP contribution >= 0.6 is 0 Å². The van der Waals surface area contributed by atoms with Gasteiger partial charge in [-0.15, -0.1) is 0 Å². The van der Waals surface area contributed by atoms with Crippen molar-refractivity contribution in [1.82, 2.24) is 5.32 Å². The van der Waals surface area contributed by atoms with Crippen LogP contribution in [0.4, 0.5) is 0 Å². The van der Waals surface area contributed by atoms with Gasteiger partial charge in [-0.25, -0.2) is 0 Å². The normalized spacial score (nSPS) is 11.8. The zero-order valence-corrected chi connectivity index (χ0v) is 24.3. The van der Waals surface area contributed by atoms with E-state index in [0.29, 0.717) is 26.4 Å². The first kappa shape index (κ1) is 34.0. The highest BCUT2D eigenvalue weighted by atomic mass is 28.4. The maximum absolute atomic E-state index is 5.76. The summed E-state index contributed by atoms with van der Waals surface area (Å²) in [5, 5.41) is 3.28. The molecule has 0 aromatic heterocycles. The van der Waals surface area contributed by atoms with Crippen molar-refractivity contribution in [3.8, 4) is 0 Å². The zero-order valence-electron chi connectivity index (χ0n) is 22.3. The summed E-state index contributed by atoms with van der Waals surface area (Å²) < 4.78 is 28.8. The number of hydrogen-bond donors (Lipinski definition) is 2. The molecule has 0 amide bonds. The van der Waals surface area contributed by atoms with E-state index in [2.05, 4.69) is 16.9 Å². The van der Waals surface area contributed by atoms with Gasteiger partial charge in [-0.1, -0.05) is 0 Å². The van der Waals surface area contributed by atoms with E-state index in [0.717, 1.165) is 63.5 Å². The molecule has 0 aliphatic carbocycles. The van der Waals surface area contributed by atoms with Gasteiger partial charge in [-0.2, -0.15) is 0 Å². The van der Waals surface area contributed by atoms with E-state index in [-0.39, 0.29) is 0 Å². The standard InChI is InChI=1S/C12H27NO3Si.C10H26N2O2Si/c1-6-14-17(15-7-2,16-8-3)11-9-10-13-12(4)5;1-4-13-15(3,14-5-2)10-6-8-12-9-7-11/h6-11H2,1-5H3;12H,4-11H2,1-3H3. The number of rotatable bonds is 20. The van der Waals surface area contributed by atoms with Gasteiger partial charge in [0.15, 0.2) is 0 Å². The molecule has 0 atom stereocenters. The lowest BCUT2D eigenvalue weighted by Crippen LogP contribution is -2.46. The molecule has 0 radical (unpaired) electrons. The molecule has 0 saturated heterocycles. The molecule has 10 heteroatoms. The van der Waals surface area contributed by atoms with Gasteiger partial charge in [0, 0.05) is 64.4 Å². The first-order chi connectivity index (χ1) is 15.3. The van der Waals surface area contributed by atoms with Crippen molar-refractivity contribution in [3.63, 3.8) is 0 Å². The van der Waals surface area contributed by atoms with E-state index in [9.17, 15) is 0 Å². The van der Waals surface area contributed by atoms with E-state index < -0.39 is 17.4 Å². The third-order valence-electron chi connectivity index (χ3n) is 4.37. The SMILES string of the molecule is CCO[Si](C)(CCCNCCN)OCC.CCO[Si](CCCN=C(C)C)(OCC)OCC. The second-order valence-electron chi connectivity index (χ2n) is 7.56. The lowest BCUT2D eigenvalue weighted by Gasteiger charge is -2.28. The number of nitrogens with one attached hydrogen (secondary N) is 1. The minimum atomic E-state index is -2.44. The first-order valence-corrected chi connectivity index (χ1v) is 16.8. The van der Waals surface area contributed by atoms with Crippen LogP contribution in [0.5, 0.6) is 0 Å². The van der Waals surface area contributed by atoms with Gasteiger partial charge in [-0.05, 0) is 80.4 Å². The summed E-state index contributed by atoms with van der Waals surface area (Å²) in [5.41, 5.74) is 6.50. The van der Waals surface area contributed by atoms with Crippen LogP contribution in [0.2, 0.25) is 18.6 Å². The fourth-order valence-electron chi connectivity index (χ4n) is 3.16. The fraction of sp³-hybridized carbons (Fsp3) is 0.955. The van der Waals surface area contributed by atoms with E-state index in [4.69, 9.17) is 27.9 Å². The Morgan fingerprint density at radius 1 is 0.750 bits per heavy atom. The minimum Gasteiger partial charge on any atom is -0.395 e. The van der Waals surface area contributed by atoms with E-state index in [1.165, 1.54) is 0 Å². The van der Waals surface area contributed by atoms with Crippen molar-refractivity contribution >= 4 is 23.1 Å². The lowest BCUT2D eigenvalue weighted by molar-refractivity contribution is 0.0710. The highest BCUT2D eigenvalue weighted by molar-refractivity contribution is 6.66. The predicted octanol–water partition coefficient (Wildman–Crippen LogP) is 3.98. The predicted molar refractivity (Wildman–Crippen MR) is 140 cm³/mol. The van der Waals surface area contributed by atoms with Crippen molar-refractivity contribution in [2.24, 2.45) is 10.7 Å². The van der Waals surface area contributed by atoms with Crippen molar-refractivity contribution in [1.29, 1.82) is 0 Å². The summed E-state index contributed by atoms with van der Waals surface area (Å²) in [6, 6.07) is 1.89. The lowest BCUT2D eigenvalue weighted by atomic mass is 10.4. The Balaban J connectivity index is 0. The number of nitrogens with zero attached hydrogens (tertiary/aromatic N) is 1. The Morgan fingerprint density at radius 2 is 1.25 bits per heavy atom. The topological polar surface area (TPSA) is 96.6 Å². The smallest absolute Gasteiger partial charge is 0.395 e. The molecular weight excluding hydrogens is 442 g/mol. The van der Waals surface area contributed by atoms with Gasteiger partial charge >= 0.3 is 17.4 Å². The van der Waals surface area contributed by atoms with Gasteiger partial charge in [0.2, 0.25) is 0 Å². The van der Waals surface area contributed by atoms with Crippen LogP contribution in [0, 0.1) is 0 Å². The van der Waals surface area contributed by atoms with Gasteiger partial charge < -0.3 is 33.2 Å². The van der Waals surface area contributed by atoms with Gasteiger partial charge in [-0.3, -0.25) is 4.99 Å². The van der Waals surface area contributed by atoms with Crippen LogP contribution in [0.25, 0.3) is 0 Å². The highest BCUT2D eigenvalue weighted by Gasteiger charge is 2.39. The van der Waals surface area contributed by atoms with Crippen LogP contribution in [0.3, 0.4) is 0 Å². The molecule has 194 valence electrons. The molecule has 0 aliphatic rings. The molecule has 0 rings (SSSR count). The summed E-state index contributed by atoms with van der Waals surface area (Å²) in [5.74, 6) is 0. The van der Waals surface area contributed by atoms with Crippen LogP contribution in [-0.4, -0.2) is 82.3 Å². The van der Waals surface area contributed by atoms with Crippen molar-refractivity contribution in [2.45, 2.75) is 79.9 Å². The van der Waals surface area contributed by atoms with Crippen molar-refractivity contribution in [3.05, 3.63) is 0 Å². The molecule has 0 saturated carbocycles. The minimum absolute atomic E-state index is 0.641. The van der Waals surface area contributed by atoms with Gasteiger partial charge in [0.25, 0.3) is 0 Å². The third kappa shape index (κ3) is 19.3. The second kappa shape index (κ2) is 22.6. The molecule has 0 fully saturated rings. The molecule has 0 spiro atoms. The largest absolute Gasteiger partial charge is 0.500 e. The zero-order chi connectivity index (χ0) is 24.7. The molecule has 0 heterocycles. The molecule has 0 aromatic rings. The molecule has 8 nitrogen and oxygen atoms in total. The summed E-state index contributed by atoms with van der Waals surface area (Å²) in [4.78, 5) is 4.38. The Hall–Kier alpha value is -0.176. The molecule has 3 N–H and O–H groups in total. The summed E-state index contributed by atoms with van der Waals surface area (Å²) in [7, 11) is -4.32. The van der Waals surface area contributed by atoms with Crippen molar-refractivity contribution < 1.29 is 22.1 Å². The molecule has 0 aromatic carbocycles. The van der Waals surface area contributed by atoms with Crippen LogP contribution in [-0.2, 0) is 22.1 Å². The fourth-order valence-corrected chi connectivity index (χ4v) is 8.16. The Kier molecular flexibility index (Phi) is 24.0. The van der Waals surface area contributed by atoms with Crippen LogP contribution in [0.15, 0.2) is 4.99 Å². The highest BCUT2D eigenvalue weighted by Crippen LogP contribution is 2.18. The average Bonchev–Trinajstić information content (AvgIpc) is 2.72. The Labute approximate surface area is 200 Å². The van der Waals surface area contributed by atoms with Gasteiger partial charge in [0.1, 0.15) is 0 Å². The molecular formula is C22H53N3O5Si2. The molecule has 0 bridgehead atoms. The molecule has 0 aliphatic heterocycles. The number of nitrogens with two attached hydrogens (primary N) is 1. The number of aliphatic imine (C=N–C) groups is 1. The number of hydrogen-bond acceptors (Lipinski definition) is 8. The second-order valence-corrected chi connectivity index (χ2v) is 13.6. The quantitative estimate of drug-likeness (QED) is 0.150. The maximum atomic E-state index is 5.76. The summed E-state index contributed by atoms with van der Waals surface area (Å²) in [6.45, 7) is 23.0. The van der Waals surface area contributed by atoms with E-state index >= 15 is 0 Å². The third-order valence-corrected chi connectivity index (χ3v) is 10.6. The maximum Gasteiger partial charge on any atom is 0.500 e. The van der Waals surface area contributed by atoms with E-state index in [1.807, 2.05) is 48.5 Å². The average molecular weight is 496 g/mol. The Bertz CT molecular complexity index is 419. The summed E-state index contributed by atoms with van der Waals surface area (Å²) in [6.07, 6.45) is 2.06. The molecule has 32 heavy (non-hydrogen) atoms.